The van der Waals surface area contributed by atoms with Crippen molar-refractivity contribution in [2.45, 2.75) is 6.92 Å². The van der Waals surface area contributed by atoms with Crippen molar-refractivity contribution >= 4 is 8.41 Å². The monoisotopic (exact) mass is 110 g/mol. The Kier molecular flexibility index (Phi) is 2.32. The summed E-state index contributed by atoms with van der Waals surface area (Å²) in [4.78, 5) is 3.98. The molecule has 0 atom stereocenters. The molecule has 0 aliphatic carbocycles. The molecule has 0 aromatic carbocycles. The molecule has 1 heterocycles. The van der Waals surface area contributed by atoms with Gasteiger partial charge in [-0.1, -0.05) is 0 Å². The summed E-state index contributed by atoms with van der Waals surface area (Å²) in [5.41, 5.74) is 0. The minimum absolute atomic E-state index is 0. The second-order valence-corrected chi connectivity index (χ2v) is 1.59. The highest BCUT2D eigenvalue weighted by molar-refractivity contribution is 5.75. The second kappa shape index (κ2) is 2.55. The third-order valence-electron chi connectivity index (χ3n) is 1.06. The van der Waals surface area contributed by atoms with Crippen LogP contribution in [0.4, 0.5) is 0 Å². The Labute approximate surface area is 51.1 Å². The van der Waals surface area contributed by atoms with Crippen LogP contribution in [0.5, 0.6) is 0 Å². The van der Waals surface area contributed by atoms with E-state index in [0.717, 1.165) is 5.82 Å². The number of hydrogen-bond acceptors (Lipinski definition) is 1. The van der Waals surface area contributed by atoms with Gasteiger partial charge in [-0.2, -0.15) is 0 Å². The lowest BCUT2D eigenvalue weighted by molar-refractivity contribution is 0.858. The summed E-state index contributed by atoms with van der Waals surface area (Å²) in [7, 11) is 1.97. The molecule has 1 rings (SSSR count). The van der Waals surface area contributed by atoms with Gasteiger partial charge in [-0.05, 0) is 6.92 Å². The second-order valence-electron chi connectivity index (χ2n) is 1.59. The van der Waals surface area contributed by atoms with Crippen molar-refractivity contribution in [1.82, 2.24) is 9.55 Å². The third kappa shape index (κ3) is 1.12. The van der Waals surface area contributed by atoms with Crippen LogP contribution in [0.1, 0.15) is 5.82 Å². The van der Waals surface area contributed by atoms with E-state index in [-0.39, 0.29) is 8.41 Å². The van der Waals surface area contributed by atoms with E-state index in [2.05, 4.69) is 4.98 Å². The van der Waals surface area contributed by atoms with Crippen molar-refractivity contribution < 1.29 is 0 Å². The molecule has 0 fully saturated rings. The average molecular weight is 110 g/mol. The first kappa shape index (κ1) is 7.27. The molecule has 44 valence electrons. The largest absolute Gasteiger partial charge is 0.338 e. The van der Waals surface area contributed by atoms with E-state index >= 15 is 0 Å². The van der Waals surface area contributed by atoms with Gasteiger partial charge in [0.2, 0.25) is 0 Å². The van der Waals surface area contributed by atoms with E-state index in [0.29, 0.717) is 0 Å². The topological polar surface area (TPSA) is 17.8 Å². The number of aryl methyl sites for hydroxylation is 2. The smallest absolute Gasteiger partial charge is 0.105 e. The van der Waals surface area contributed by atoms with Gasteiger partial charge < -0.3 is 4.57 Å². The summed E-state index contributed by atoms with van der Waals surface area (Å²) in [6, 6.07) is 0. The molecule has 0 amide bonds. The van der Waals surface area contributed by atoms with Crippen molar-refractivity contribution in [3.8, 4) is 0 Å². The molecule has 0 aliphatic heterocycles. The highest BCUT2D eigenvalue weighted by Crippen LogP contribution is 1.86. The van der Waals surface area contributed by atoms with Crippen LogP contribution in [0.25, 0.3) is 0 Å². The number of imidazole rings is 1. The molecule has 0 spiro atoms. The zero-order valence-electron chi connectivity index (χ0n) is 4.55. The first-order chi connectivity index (χ1) is 3.30. The molecule has 3 heteroatoms. The van der Waals surface area contributed by atoms with Crippen molar-refractivity contribution in [2.75, 3.05) is 0 Å². The van der Waals surface area contributed by atoms with E-state index in [9.17, 15) is 0 Å². The maximum absolute atomic E-state index is 3.98. The van der Waals surface area contributed by atoms with Gasteiger partial charge in [-0.25, -0.2) is 4.98 Å². The minimum Gasteiger partial charge on any atom is -0.338 e. The summed E-state index contributed by atoms with van der Waals surface area (Å²) in [5.74, 6) is 1.06. The van der Waals surface area contributed by atoms with Crippen LogP contribution in [0.15, 0.2) is 12.4 Å². The Morgan fingerprint density at radius 2 is 2.25 bits per heavy atom. The van der Waals surface area contributed by atoms with Crippen LogP contribution < -0.4 is 0 Å². The van der Waals surface area contributed by atoms with Gasteiger partial charge in [0.1, 0.15) is 5.82 Å². The molecule has 0 unspecified atom stereocenters. The zero-order valence-corrected chi connectivity index (χ0v) is 4.55. The fourth-order valence-electron chi connectivity index (χ4n) is 0.440. The fourth-order valence-corrected chi connectivity index (χ4v) is 0.440. The highest BCUT2D eigenvalue weighted by atomic mass is 15.0. The summed E-state index contributed by atoms with van der Waals surface area (Å²) >= 11 is 0. The molecular weight excluding hydrogens is 98.9 g/mol. The average Bonchev–Trinajstić information content (AvgIpc) is 1.91. The number of rotatable bonds is 0. The van der Waals surface area contributed by atoms with Gasteiger partial charge >= 0.3 is 0 Å². The van der Waals surface area contributed by atoms with E-state index in [4.69, 9.17) is 0 Å². The minimum atomic E-state index is 0. The Bertz CT molecular complexity index is 143. The van der Waals surface area contributed by atoms with E-state index < -0.39 is 0 Å². The third-order valence-corrected chi connectivity index (χ3v) is 1.06. The highest BCUT2D eigenvalue weighted by Gasteiger charge is 1.83. The van der Waals surface area contributed by atoms with E-state index in [1.54, 1.807) is 6.20 Å². The Morgan fingerprint density at radius 3 is 2.38 bits per heavy atom. The van der Waals surface area contributed by atoms with Crippen molar-refractivity contribution in [2.24, 2.45) is 7.05 Å². The van der Waals surface area contributed by atoms with Crippen LogP contribution in [-0.2, 0) is 7.05 Å². The zero-order chi connectivity index (χ0) is 5.28. The first-order valence-electron chi connectivity index (χ1n) is 2.24. The predicted molar refractivity (Wildman–Crippen MR) is 37.9 cm³/mol. The number of nitrogens with zero attached hydrogens (tertiary/aromatic N) is 2. The summed E-state index contributed by atoms with van der Waals surface area (Å²) in [6.07, 6.45) is 3.71. The SMILES string of the molecule is B.Cc1nccn1C. The Balaban J connectivity index is 0.000000490. The predicted octanol–water partition coefficient (Wildman–Crippen LogP) is -0.455. The fraction of sp³-hybridized carbons (Fsp3) is 0.400. The van der Waals surface area contributed by atoms with Gasteiger partial charge in [-0.15, -0.1) is 0 Å². The van der Waals surface area contributed by atoms with Crippen molar-refractivity contribution in [3.05, 3.63) is 18.2 Å². The van der Waals surface area contributed by atoms with Crippen molar-refractivity contribution in [3.63, 3.8) is 0 Å². The molecule has 8 heavy (non-hydrogen) atoms. The van der Waals surface area contributed by atoms with E-state index in [1.807, 2.05) is 24.7 Å². The first-order valence-corrected chi connectivity index (χ1v) is 2.24. The lowest BCUT2D eigenvalue weighted by Crippen LogP contribution is -1.86. The van der Waals surface area contributed by atoms with E-state index in [1.165, 1.54) is 0 Å². The van der Waals surface area contributed by atoms with Crippen LogP contribution in [-0.4, -0.2) is 18.0 Å². The van der Waals surface area contributed by atoms with Gasteiger partial charge in [0.25, 0.3) is 0 Å². The maximum atomic E-state index is 3.98. The standard InChI is InChI=1S/C5H8N2.BH3/c1-5-6-3-4-7(5)2;/h3-4H,1-2H3;1H3. The van der Waals surface area contributed by atoms with Crippen LogP contribution in [0, 0.1) is 6.92 Å². The molecule has 0 saturated heterocycles. The van der Waals surface area contributed by atoms with Gasteiger partial charge in [0, 0.05) is 19.4 Å². The molecule has 0 aliphatic rings. The van der Waals surface area contributed by atoms with Crippen molar-refractivity contribution in [1.29, 1.82) is 0 Å². The van der Waals surface area contributed by atoms with Gasteiger partial charge in [-0.3, -0.25) is 0 Å². The molecule has 0 N–H and O–H groups in total. The Morgan fingerprint density at radius 1 is 1.62 bits per heavy atom. The normalized spacial score (nSPS) is 8.25. The molecule has 2 nitrogen and oxygen atoms in total. The molecule has 1 aromatic rings. The molecule has 1 aromatic heterocycles. The molecular formula is C5H11BN2. The molecule has 0 radical (unpaired) electrons. The van der Waals surface area contributed by atoms with Crippen LogP contribution >= 0.6 is 0 Å². The quantitative estimate of drug-likeness (QED) is 0.413. The lowest BCUT2D eigenvalue weighted by atomic mass is 10.7. The van der Waals surface area contributed by atoms with Crippen LogP contribution in [0.3, 0.4) is 0 Å². The number of hydrogen-bond donors (Lipinski definition) is 0. The summed E-state index contributed by atoms with van der Waals surface area (Å²) < 4.78 is 1.97. The Hall–Kier alpha value is -0.725. The van der Waals surface area contributed by atoms with Gasteiger partial charge in [0.15, 0.2) is 0 Å². The maximum Gasteiger partial charge on any atom is 0.105 e. The summed E-state index contributed by atoms with van der Waals surface area (Å²) in [6.45, 7) is 1.97. The lowest BCUT2D eigenvalue weighted by Gasteiger charge is -1.87. The summed E-state index contributed by atoms with van der Waals surface area (Å²) in [5, 5.41) is 0. The number of aromatic nitrogens is 2. The van der Waals surface area contributed by atoms with Gasteiger partial charge in [0.05, 0.1) is 8.41 Å². The molecule has 0 saturated carbocycles. The molecule has 0 bridgehead atoms. The van der Waals surface area contributed by atoms with Crippen LogP contribution in [0.2, 0.25) is 0 Å².